The first-order chi connectivity index (χ1) is 11.0. The van der Waals surface area contributed by atoms with Crippen LogP contribution in [0.1, 0.15) is 44.1 Å². The summed E-state index contributed by atoms with van der Waals surface area (Å²) in [4.78, 5) is 30.4. The summed E-state index contributed by atoms with van der Waals surface area (Å²) < 4.78 is 4.96. The van der Waals surface area contributed by atoms with E-state index in [0.29, 0.717) is 31.3 Å². The fourth-order valence-corrected chi connectivity index (χ4v) is 3.35. The molecule has 1 saturated heterocycles. The number of hydrogen-bond acceptors (Lipinski definition) is 6. The molecule has 1 unspecified atom stereocenters. The average molecular weight is 339 g/mol. The van der Waals surface area contributed by atoms with Crippen molar-refractivity contribution in [3.05, 3.63) is 11.1 Å². The lowest BCUT2D eigenvalue weighted by atomic mass is 9.97. The molecule has 1 aliphatic rings. The predicted molar refractivity (Wildman–Crippen MR) is 90.9 cm³/mol. The number of thiazole rings is 1. The first-order valence-electron chi connectivity index (χ1n) is 8.16. The molecule has 1 N–H and O–H groups in total. The van der Waals surface area contributed by atoms with Gasteiger partial charge in [-0.25, -0.2) is 9.78 Å². The minimum absolute atomic E-state index is 0.0163. The lowest BCUT2D eigenvalue weighted by molar-refractivity contribution is -0.125. The van der Waals surface area contributed by atoms with Crippen LogP contribution in [0.5, 0.6) is 0 Å². The summed E-state index contributed by atoms with van der Waals surface area (Å²) in [6.07, 6.45) is 1.85. The van der Waals surface area contributed by atoms with Crippen LogP contribution < -0.4 is 10.2 Å². The summed E-state index contributed by atoms with van der Waals surface area (Å²) in [5.74, 6) is 0.158. The van der Waals surface area contributed by atoms with Gasteiger partial charge in [0.05, 0.1) is 12.5 Å². The third kappa shape index (κ3) is 4.92. The number of nitrogens with one attached hydrogen (secondary N) is 1. The number of hydrogen-bond donors (Lipinski definition) is 1. The van der Waals surface area contributed by atoms with Gasteiger partial charge in [-0.05, 0) is 25.7 Å². The fourth-order valence-electron chi connectivity index (χ4n) is 2.52. The Hall–Kier alpha value is -1.63. The van der Waals surface area contributed by atoms with Crippen molar-refractivity contribution in [2.75, 3.05) is 31.1 Å². The first-order valence-corrected chi connectivity index (χ1v) is 9.04. The monoisotopic (exact) mass is 339 g/mol. The number of anilines is 1. The van der Waals surface area contributed by atoms with Crippen molar-refractivity contribution < 1.29 is 14.3 Å². The smallest absolute Gasteiger partial charge is 0.357 e. The molecule has 1 fully saturated rings. The third-order valence-electron chi connectivity index (χ3n) is 3.72. The highest BCUT2D eigenvalue weighted by Gasteiger charge is 2.27. The maximum atomic E-state index is 12.2. The third-order valence-corrected chi connectivity index (χ3v) is 4.63. The van der Waals surface area contributed by atoms with Gasteiger partial charge in [-0.3, -0.25) is 4.79 Å². The molecule has 0 bridgehead atoms. The Labute approximate surface area is 141 Å². The van der Waals surface area contributed by atoms with Crippen LogP contribution in [0, 0.1) is 11.8 Å². The Balaban J connectivity index is 1.95. The minimum atomic E-state index is -0.391. The van der Waals surface area contributed by atoms with Gasteiger partial charge >= 0.3 is 5.97 Å². The second kappa shape index (κ2) is 8.29. The van der Waals surface area contributed by atoms with Crippen molar-refractivity contribution in [2.45, 2.75) is 33.6 Å². The van der Waals surface area contributed by atoms with E-state index in [1.165, 1.54) is 11.3 Å². The maximum Gasteiger partial charge on any atom is 0.357 e. The van der Waals surface area contributed by atoms with E-state index in [0.717, 1.165) is 24.5 Å². The van der Waals surface area contributed by atoms with E-state index in [2.05, 4.69) is 29.0 Å². The number of esters is 1. The number of carbonyl (C=O) groups excluding carboxylic acids is 2. The average Bonchev–Trinajstić information content (AvgIpc) is 3.03. The first kappa shape index (κ1) is 17.7. The van der Waals surface area contributed by atoms with Gasteiger partial charge in [0.1, 0.15) is 0 Å². The molecule has 2 heterocycles. The number of amides is 1. The van der Waals surface area contributed by atoms with Crippen LogP contribution in [0.2, 0.25) is 0 Å². The summed E-state index contributed by atoms with van der Waals surface area (Å²) in [6.45, 7) is 8.51. The number of carbonyl (C=O) groups is 2. The molecule has 128 valence electrons. The van der Waals surface area contributed by atoms with Crippen molar-refractivity contribution in [3.8, 4) is 0 Å². The second-order valence-electron chi connectivity index (χ2n) is 6.16. The molecule has 1 aromatic heterocycles. The van der Waals surface area contributed by atoms with Crippen LogP contribution in [0.25, 0.3) is 0 Å². The zero-order valence-electron chi connectivity index (χ0n) is 14.0. The molecule has 1 aliphatic heterocycles. The Kier molecular flexibility index (Phi) is 6.38. The zero-order chi connectivity index (χ0) is 16.8. The molecule has 0 spiro atoms. The molecule has 0 aromatic carbocycles. The molecule has 1 aromatic rings. The Morgan fingerprint density at radius 2 is 2.30 bits per heavy atom. The van der Waals surface area contributed by atoms with Gasteiger partial charge in [0.15, 0.2) is 10.8 Å². The highest BCUT2D eigenvalue weighted by atomic mass is 32.1. The molecule has 2 rings (SSSR count). The summed E-state index contributed by atoms with van der Waals surface area (Å²) in [5.41, 5.74) is 0.346. The van der Waals surface area contributed by atoms with E-state index in [4.69, 9.17) is 4.74 Å². The zero-order valence-corrected chi connectivity index (χ0v) is 14.8. The van der Waals surface area contributed by atoms with E-state index in [1.807, 2.05) is 0 Å². The van der Waals surface area contributed by atoms with Crippen molar-refractivity contribution in [1.82, 2.24) is 10.3 Å². The maximum absolute atomic E-state index is 12.2. The molecule has 1 amide bonds. The number of ether oxygens (including phenoxy) is 1. The summed E-state index contributed by atoms with van der Waals surface area (Å²) in [7, 11) is 0. The van der Waals surface area contributed by atoms with E-state index < -0.39 is 5.97 Å². The normalized spacial score (nSPS) is 18.1. The highest BCUT2D eigenvalue weighted by Crippen LogP contribution is 2.26. The van der Waals surface area contributed by atoms with Gasteiger partial charge in [-0.1, -0.05) is 13.8 Å². The molecule has 1 atom stereocenters. The van der Waals surface area contributed by atoms with Crippen molar-refractivity contribution >= 4 is 28.3 Å². The second-order valence-corrected chi connectivity index (χ2v) is 7.00. The van der Waals surface area contributed by atoms with Gasteiger partial charge < -0.3 is 15.0 Å². The standard InChI is InChI=1S/C16H25N3O3S/c1-4-22-15(21)13-10-23-16(18-13)19-7-5-6-12(9-19)14(20)17-8-11(2)3/h10-12H,4-9H2,1-3H3,(H,17,20). The Morgan fingerprint density at radius 1 is 1.52 bits per heavy atom. The SMILES string of the molecule is CCOC(=O)c1csc(N2CCCC(C(=O)NCC(C)C)C2)n1. The number of rotatable bonds is 6. The fraction of sp³-hybridized carbons (Fsp3) is 0.688. The van der Waals surface area contributed by atoms with Crippen LogP contribution >= 0.6 is 11.3 Å². The number of aromatic nitrogens is 1. The molecular weight excluding hydrogens is 314 g/mol. The van der Waals surface area contributed by atoms with Crippen molar-refractivity contribution in [3.63, 3.8) is 0 Å². The lowest BCUT2D eigenvalue weighted by Crippen LogP contribution is -2.43. The summed E-state index contributed by atoms with van der Waals surface area (Å²) in [5, 5.41) is 5.51. The van der Waals surface area contributed by atoms with Crippen LogP contribution in [-0.2, 0) is 9.53 Å². The van der Waals surface area contributed by atoms with Crippen molar-refractivity contribution in [2.24, 2.45) is 11.8 Å². The van der Waals surface area contributed by atoms with E-state index in [1.54, 1.807) is 12.3 Å². The van der Waals surface area contributed by atoms with Crippen LogP contribution in [0.4, 0.5) is 5.13 Å². The Bertz CT molecular complexity index is 544. The topological polar surface area (TPSA) is 71.5 Å². The van der Waals surface area contributed by atoms with Gasteiger partial charge in [0.25, 0.3) is 0 Å². The van der Waals surface area contributed by atoms with Crippen LogP contribution in [-0.4, -0.2) is 43.1 Å². The predicted octanol–water partition coefficient (Wildman–Crippen LogP) is 2.31. The van der Waals surface area contributed by atoms with Gasteiger partial charge in [-0.15, -0.1) is 11.3 Å². The minimum Gasteiger partial charge on any atom is -0.461 e. The quantitative estimate of drug-likeness (QED) is 0.805. The molecule has 23 heavy (non-hydrogen) atoms. The van der Waals surface area contributed by atoms with Gasteiger partial charge in [0.2, 0.25) is 5.91 Å². The van der Waals surface area contributed by atoms with Crippen LogP contribution in [0.15, 0.2) is 5.38 Å². The molecule has 7 heteroatoms. The van der Waals surface area contributed by atoms with Crippen molar-refractivity contribution in [1.29, 1.82) is 0 Å². The lowest BCUT2D eigenvalue weighted by Gasteiger charge is -2.31. The Morgan fingerprint density at radius 3 is 3.00 bits per heavy atom. The molecular formula is C16H25N3O3S. The van der Waals surface area contributed by atoms with Gasteiger partial charge in [-0.2, -0.15) is 0 Å². The molecule has 0 aliphatic carbocycles. The van der Waals surface area contributed by atoms with E-state index in [9.17, 15) is 9.59 Å². The summed E-state index contributed by atoms with van der Waals surface area (Å²) in [6, 6.07) is 0. The summed E-state index contributed by atoms with van der Waals surface area (Å²) >= 11 is 1.42. The van der Waals surface area contributed by atoms with E-state index >= 15 is 0 Å². The molecule has 0 radical (unpaired) electrons. The molecule has 6 nitrogen and oxygen atoms in total. The van der Waals surface area contributed by atoms with E-state index in [-0.39, 0.29) is 11.8 Å². The number of nitrogens with zero attached hydrogens (tertiary/aromatic N) is 2. The molecule has 0 saturated carbocycles. The van der Waals surface area contributed by atoms with Crippen LogP contribution in [0.3, 0.4) is 0 Å². The highest BCUT2D eigenvalue weighted by molar-refractivity contribution is 7.13. The number of piperidine rings is 1. The van der Waals surface area contributed by atoms with Gasteiger partial charge in [0, 0.05) is 25.0 Å². The largest absolute Gasteiger partial charge is 0.461 e.